The van der Waals surface area contributed by atoms with Crippen molar-refractivity contribution < 1.29 is 9.21 Å². The Morgan fingerprint density at radius 1 is 1.65 bits per heavy atom. The maximum absolute atomic E-state index is 11.5. The molecular weight excluding hydrogens is 218 g/mol. The number of hydrogen-bond acceptors (Lipinski definition) is 4. The minimum absolute atomic E-state index is 0.328. The number of hydrazine groups is 1. The lowest BCUT2D eigenvalue weighted by Gasteiger charge is -2.20. The van der Waals surface area contributed by atoms with Gasteiger partial charge in [0.2, 0.25) is 0 Å². The van der Waals surface area contributed by atoms with E-state index in [4.69, 9.17) is 10.3 Å². The van der Waals surface area contributed by atoms with Crippen molar-refractivity contribution in [3.8, 4) is 0 Å². The second-order valence-electron chi connectivity index (χ2n) is 4.45. The van der Waals surface area contributed by atoms with Gasteiger partial charge in [-0.25, -0.2) is 5.84 Å². The van der Waals surface area contributed by atoms with Crippen LogP contribution in [0.1, 0.15) is 42.3 Å². The molecule has 1 aromatic heterocycles. The summed E-state index contributed by atoms with van der Waals surface area (Å²) in [5.41, 5.74) is 3.02. The number of nitrogens with zero attached hydrogens (tertiary/aromatic N) is 1. The predicted octanol–water partition coefficient (Wildman–Crippen LogP) is 1.26. The summed E-state index contributed by atoms with van der Waals surface area (Å²) in [5, 5.41) is 0. The van der Waals surface area contributed by atoms with Crippen molar-refractivity contribution in [2.24, 2.45) is 5.84 Å². The van der Waals surface area contributed by atoms with Crippen molar-refractivity contribution in [2.75, 3.05) is 6.54 Å². The van der Waals surface area contributed by atoms with E-state index in [2.05, 4.69) is 17.2 Å². The molecule has 3 N–H and O–H groups in total. The van der Waals surface area contributed by atoms with E-state index in [1.807, 2.05) is 6.07 Å². The first-order valence-corrected chi connectivity index (χ1v) is 6.07. The second kappa shape index (κ2) is 5.33. The smallest absolute Gasteiger partial charge is 0.301 e. The Labute approximate surface area is 101 Å². The quantitative estimate of drug-likeness (QED) is 0.444. The van der Waals surface area contributed by atoms with E-state index in [1.165, 1.54) is 19.1 Å². The molecule has 17 heavy (non-hydrogen) atoms. The minimum atomic E-state index is -0.364. The van der Waals surface area contributed by atoms with Crippen molar-refractivity contribution in [1.82, 2.24) is 10.3 Å². The Hall–Kier alpha value is -1.33. The lowest BCUT2D eigenvalue weighted by atomic mass is 10.2. The first-order chi connectivity index (χ1) is 8.26. The molecule has 0 radical (unpaired) electrons. The van der Waals surface area contributed by atoms with Gasteiger partial charge in [-0.05, 0) is 31.9 Å². The molecule has 0 unspecified atom stereocenters. The van der Waals surface area contributed by atoms with Gasteiger partial charge in [0.1, 0.15) is 0 Å². The normalized spacial score (nSPS) is 15.2. The Kier molecular flexibility index (Phi) is 3.81. The number of carbonyl (C=O) groups excluding carboxylic acids is 1. The average Bonchev–Trinajstić information content (AvgIpc) is 3.08. The summed E-state index contributed by atoms with van der Waals surface area (Å²) < 4.78 is 5.18. The van der Waals surface area contributed by atoms with Gasteiger partial charge in [-0.3, -0.25) is 15.1 Å². The van der Waals surface area contributed by atoms with Gasteiger partial charge < -0.3 is 4.42 Å². The van der Waals surface area contributed by atoms with Gasteiger partial charge in [0.25, 0.3) is 0 Å². The molecule has 5 heteroatoms. The van der Waals surface area contributed by atoms with Crippen molar-refractivity contribution >= 4 is 5.91 Å². The van der Waals surface area contributed by atoms with E-state index < -0.39 is 0 Å². The second-order valence-corrected chi connectivity index (χ2v) is 4.45. The zero-order chi connectivity index (χ0) is 12.3. The minimum Gasteiger partial charge on any atom is -0.459 e. The Bertz CT molecular complexity index is 385. The van der Waals surface area contributed by atoms with E-state index in [0.29, 0.717) is 11.8 Å². The van der Waals surface area contributed by atoms with Crippen LogP contribution in [0.2, 0.25) is 0 Å². The summed E-state index contributed by atoms with van der Waals surface area (Å²) in [5.74, 6) is 5.08. The highest BCUT2D eigenvalue weighted by molar-refractivity contribution is 5.92. The largest absolute Gasteiger partial charge is 0.459 e. The highest BCUT2D eigenvalue weighted by Crippen LogP contribution is 2.29. The van der Waals surface area contributed by atoms with Crippen LogP contribution in [0.5, 0.6) is 0 Å². The molecule has 1 aliphatic carbocycles. The van der Waals surface area contributed by atoms with Crippen LogP contribution in [0.25, 0.3) is 0 Å². The molecule has 0 saturated heterocycles. The van der Waals surface area contributed by atoms with E-state index in [0.717, 1.165) is 25.1 Å². The highest BCUT2D eigenvalue weighted by atomic mass is 16.3. The monoisotopic (exact) mass is 237 g/mol. The predicted molar refractivity (Wildman–Crippen MR) is 64.1 cm³/mol. The summed E-state index contributed by atoms with van der Waals surface area (Å²) in [6, 6.07) is 2.52. The number of nitrogen functional groups attached to an aromatic ring is 1. The third kappa shape index (κ3) is 2.87. The fourth-order valence-electron chi connectivity index (χ4n) is 2.06. The summed E-state index contributed by atoms with van der Waals surface area (Å²) in [7, 11) is 0. The van der Waals surface area contributed by atoms with Crippen LogP contribution in [0.15, 0.2) is 16.7 Å². The number of hydrogen-bond donors (Lipinski definition) is 2. The van der Waals surface area contributed by atoms with Gasteiger partial charge in [0.05, 0.1) is 6.26 Å². The van der Waals surface area contributed by atoms with Crippen LogP contribution in [0.3, 0.4) is 0 Å². The van der Waals surface area contributed by atoms with Crippen LogP contribution in [0.4, 0.5) is 0 Å². The van der Waals surface area contributed by atoms with Gasteiger partial charge in [0, 0.05) is 18.2 Å². The van der Waals surface area contributed by atoms with Gasteiger partial charge in [-0.1, -0.05) is 6.92 Å². The molecule has 1 saturated carbocycles. The lowest BCUT2D eigenvalue weighted by Crippen LogP contribution is -2.32. The molecular formula is C12H19N3O2. The molecule has 0 spiro atoms. The summed E-state index contributed by atoms with van der Waals surface area (Å²) >= 11 is 0. The maximum atomic E-state index is 11.5. The van der Waals surface area contributed by atoms with Crippen LogP contribution in [-0.2, 0) is 6.54 Å². The number of nitrogens with one attached hydrogen (secondary N) is 1. The zero-order valence-corrected chi connectivity index (χ0v) is 10.1. The molecule has 1 aromatic rings. The molecule has 1 heterocycles. The van der Waals surface area contributed by atoms with Crippen molar-refractivity contribution in [3.63, 3.8) is 0 Å². The third-order valence-corrected chi connectivity index (χ3v) is 3.03. The van der Waals surface area contributed by atoms with Gasteiger partial charge in [-0.2, -0.15) is 0 Å². The van der Waals surface area contributed by atoms with E-state index in [-0.39, 0.29) is 5.91 Å². The zero-order valence-electron chi connectivity index (χ0n) is 10.1. The highest BCUT2D eigenvalue weighted by Gasteiger charge is 2.29. The Morgan fingerprint density at radius 3 is 3.00 bits per heavy atom. The first kappa shape index (κ1) is 12.1. The van der Waals surface area contributed by atoms with Gasteiger partial charge in [-0.15, -0.1) is 0 Å². The van der Waals surface area contributed by atoms with E-state index >= 15 is 0 Å². The molecule has 2 rings (SSSR count). The fourth-order valence-corrected chi connectivity index (χ4v) is 2.06. The summed E-state index contributed by atoms with van der Waals surface area (Å²) in [6.45, 7) is 3.98. The van der Waals surface area contributed by atoms with E-state index in [1.54, 1.807) is 0 Å². The Morgan fingerprint density at radius 2 is 2.41 bits per heavy atom. The van der Waals surface area contributed by atoms with Crippen LogP contribution in [0, 0.1) is 0 Å². The molecule has 0 aliphatic heterocycles. The Balaban J connectivity index is 2.06. The number of amides is 1. The molecule has 0 bridgehead atoms. The molecule has 1 aliphatic rings. The number of nitrogens with two attached hydrogens (primary N) is 1. The molecule has 0 aromatic carbocycles. The third-order valence-electron chi connectivity index (χ3n) is 3.03. The maximum Gasteiger partial charge on any atom is 0.301 e. The number of rotatable bonds is 6. The molecule has 5 nitrogen and oxygen atoms in total. The average molecular weight is 237 g/mol. The van der Waals surface area contributed by atoms with Crippen LogP contribution < -0.4 is 11.3 Å². The number of carbonyl (C=O) groups is 1. The fraction of sp³-hybridized carbons (Fsp3) is 0.583. The molecule has 94 valence electrons. The van der Waals surface area contributed by atoms with E-state index in [9.17, 15) is 4.79 Å². The van der Waals surface area contributed by atoms with Gasteiger partial charge >= 0.3 is 5.91 Å². The van der Waals surface area contributed by atoms with Crippen molar-refractivity contribution in [1.29, 1.82) is 0 Å². The topological polar surface area (TPSA) is 71.5 Å². The molecule has 1 amide bonds. The van der Waals surface area contributed by atoms with Crippen LogP contribution >= 0.6 is 0 Å². The lowest BCUT2D eigenvalue weighted by molar-refractivity contribution is 0.0922. The first-order valence-electron chi connectivity index (χ1n) is 6.07. The standard InChI is InChI=1S/C12H19N3O2/c1-2-6-15(10-3-4-10)8-9-5-7-17-11(9)12(16)14-13/h5,7,10H,2-4,6,8,13H2,1H3,(H,14,16). The van der Waals surface area contributed by atoms with Crippen molar-refractivity contribution in [3.05, 3.63) is 23.7 Å². The van der Waals surface area contributed by atoms with Crippen LogP contribution in [-0.4, -0.2) is 23.4 Å². The van der Waals surface area contributed by atoms with Gasteiger partial charge in [0.15, 0.2) is 5.76 Å². The SMILES string of the molecule is CCCN(Cc1ccoc1C(=O)NN)C1CC1. The van der Waals surface area contributed by atoms with Crippen molar-refractivity contribution in [2.45, 2.75) is 38.8 Å². The molecule has 0 atom stereocenters. The summed E-state index contributed by atoms with van der Waals surface area (Å²) in [6.07, 6.45) is 5.18. The summed E-state index contributed by atoms with van der Waals surface area (Å²) in [4.78, 5) is 13.9. The number of furan rings is 1. The molecule has 1 fully saturated rings.